The van der Waals surface area contributed by atoms with Crippen LogP contribution in [-0.2, 0) is 16.0 Å². The Hall–Kier alpha value is -2.82. The van der Waals surface area contributed by atoms with Crippen molar-refractivity contribution in [1.82, 2.24) is 5.32 Å². The van der Waals surface area contributed by atoms with Crippen LogP contribution < -0.4 is 5.32 Å². The van der Waals surface area contributed by atoms with Crippen LogP contribution in [-0.4, -0.2) is 30.1 Å². The van der Waals surface area contributed by atoms with E-state index in [9.17, 15) is 14.7 Å². The van der Waals surface area contributed by atoms with Gasteiger partial charge < -0.3 is 15.2 Å². The second kappa shape index (κ2) is 7.45. The SMILES string of the molecule is COC(=O)[C@@H](Cc1cccc(C)c1)NC(=O)c1cccc(O)c1. The summed E-state index contributed by atoms with van der Waals surface area (Å²) in [5, 5.41) is 12.1. The Balaban J connectivity index is 2.15. The Kier molecular flexibility index (Phi) is 5.36. The van der Waals surface area contributed by atoms with Crippen LogP contribution in [0, 0.1) is 6.92 Å². The van der Waals surface area contributed by atoms with Gasteiger partial charge in [0, 0.05) is 12.0 Å². The van der Waals surface area contributed by atoms with Crippen LogP contribution in [0.15, 0.2) is 48.5 Å². The molecule has 23 heavy (non-hydrogen) atoms. The first kappa shape index (κ1) is 16.5. The molecule has 5 nitrogen and oxygen atoms in total. The molecule has 1 amide bonds. The Morgan fingerprint density at radius 1 is 1.17 bits per heavy atom. The highest BCUT2D eigenvalue weighted by molar-refractivity contribution is 5.97. The topological polar surface area (TPSA) is 75.6 Å². The van der Waals surface area contributed by atoms with Crippen molar-refractivity contribution in [3.63, 3.8) is 0 Å². The highest BCUT2D eigenvalue weighted by Crippen LogP contribution is 2.12. The number of hydrogen-bond acceptors (Lipinski definition) is 4. The summed E-state index contributed by atoms with van der Waals surface area (Å²) in [6.07, 6.45) is 0.332. The number of hydrogen-bond donors (Lipinski definition) is 2. The second-order valence-corrected chi connectivity index (χ2v) is 5.29. The minimum atomic E-state index is -0.795. The van der Waals surface area contributed by atoms with E-state index < -0.39 is 17.9 Å². The molecule has 0 aliphatic heterocycles. The zero-order valence-electron chi connectivity index (χ0n) is 13.1. The molecule has 0 saturated carbocycles. The molecule has 0 aliphatic rings. The maximum Gasteiger partial charge on any atom is 0.328 e. The fraction of sp³-hybridized carbons (Fsp3) is 0.222. The van der Waals surface area contributed by atoms with Crippen molar-refractivity contribution in [1.29, 1.82) is 0 Å². The third-order valence-corrected chi connectivity index (χ3v) is 3.42. The molecule has 120 valence electrons. The molecule has 2 aromatic carbocycles. The Bertz CT molecular complexity index is 712. The van der Waals surface area contributed by atoms with Gasteiger partial charge in [-0.05, 0) is 30.7 Å². The van der Waals surface area contributed by atoms with Gasteiger partial charge in [-0.15, -0.1) is 0 Å². The van der Waals surface area contributed by atoms with Crippen molar-refractivity contribution >= 4 is 11.9 Å². The van der Waals surface area contributed by atoms with Crippen molar-refractivity contribution < 1.29 is 19.4 Å². The first-order valence-corrected chi connectivity index (χ1v) is 7.23. The van der Waals surface area contributed by atoms with Gasteiger partial charge in [-0.2, -0.15) is 0 Å². The largest absolute Gasteiger partial charge is 0.508 e. The fourth-order valence-electron chi connectivity index (χ4n) is 2.30. The summed E-state index contributed by atoms with van der Waals surface area (Å²) in [6, 6.07) is 12.9. The molecule has 0 spiro atoms. The zero-order chi connectivity index (χ0) is 16.8. The molecule has 0 aliphatic carbocycles. The molecule has 0 radical (unpaired) electrons. The summed E-state index contributed by atoms with van der Waals surface area (Å²) < 4.78 is 4.77. The van der Waals surface area contributed by atoms with Crippen molar-refractivity contribution in [3.05, 3.63) is 65.2 Å². The van der Waals surface area contributed by atoms with E-state index in [-0.39, 0.29) is 11.3 Å². The molecule has 0 fully saturated rings. The lowest BCUT2D eigenvalue weighted by atomic mass is 10.0. The van der Waals surface area contributed by atoms with Crippen molar-refractivity contribution in [2.45, 2.75) is 19.4 Å². The number of carbonyl (C=O) groups excluding carboxylic acids is 2. The third-order valence-electron chi connectivity index (χ3n) is 3.42. The number of phenols is 1. The molecule has 0 bridgehead atoms. The maximum atomic E-state index is 12.3. The van der Waals surface area contributed by atoms with Gasteiger partial charge in [-0.3, -0.25) is 4.79 Å². The minimum Gasteiger partial charge on any atom is -0.508 e. The molecule has 2 aromatic rings. The third kappa shape index (κ3) is 4.57. The van der Waals surface area contributed by atoms with E-state index in [0.29, 0.717) is 6.42 Å². The number of nitrogens with one attached hydrogen (secondary N) is 1. The Labute approximate surface area is 134 Å². The first-order chi connectivity index (χ1) is 11.0. The number of aromatic hydroxyl groups is 1. The van der Waals surface area contributed by atoms with Crippen molar-refractivity contribution in [3.8, 4) is 5.75 Å². The molecule has 1 atom stereocenters. The van der Waals surface area contributed by atoms with Crippen LogP contribution in [0.5, 0.6) is 5.75 Å². The van der Waals surface area contributed by atoms with E-state index >= 15 is 0 Å². The average molecular weight is 313 g/mol. The van der Waals surface area contributed by atoms with Crippen LogP contribution in [0.2, 0.25) is 0 Å². The van der Waals surface area contributed by atoms with Gasteiger partial charge in [-0.25, -0.2) is 4.79 Å². The number of phenolic OH excluding ortho intramolecular Hbond substituents is 1. The highest BCUT2D eigenvalue weighted by atomic mass is 16.5. The molecular formula is C18H19NO4. The molecule has 5 heteroatoms. The van der Waals surface area contributed by atoms with Crippen LogP contribution >= 0.6 is 0 Å². The molecular weight excluding hydrogens is 294 g/mol. The number of esters is 1. The van der Waals surface area contributed by atoms with Crippen molar-refractivity contribution in [2.75, 3.05) is 7.11 Å². The van der Waals surface area contributed by atoms with Crippen LogP contribution in [0.4, 0.5) is 0 Å². The van der Waals surface area contributed by atoms with Gasteiger partial charge in [0.2, 0.25) is 0 Å². The number of amides is 1. The lowest BCUT2D eigenvalue weighted by Gasteiger charge is -2.17. The maximum absolute atomic E-state index is 12.3. The second-order valence-electron chi connectivity index (χ2n) is 5.29. The number of rotatable bonds is 5. The summed E-state index contributed by atoms with van der Waals surface area (Å²) in [4.78, 5) is 24.2. The van der Waals surface area contributed by atoms with E-state index in [1.54, 1.807) is 12.1 Å². The highest BCUT2D eigenvalue weighted by Gasteiger charge is 2.22. The van der Waals surface area contributed by atoms with E-state index in [0.717, 1.165) is 11.1 Å². The quantitative estimate of drug-likeness (QED) is 0.830. The predicted octanol–water partition coefficient (Wildman–Crippen LogP) is 2.21. The number of methoxy groups -OCH3 is 1. The number of ether oxygens (including phenoxy) is 1. The summed E-state index contributed by atoms with van der Waals surface area (Å²) in [7, 11) is 1.28. The van der Waals surface area contributed by atoms with Gasteiger partial charge in [-0.1, -0.05) is 35.9 Å². The lowest BCUT2D eigenvalue weighted by Crippen LogP contribution is -2.43. The molecule has 2 rings (SSSR count). The van der Waals surface area contributed by atoms with Gasteiger partial charge in [0.25, 0.3) is 5.91 Å². The number of aryl methyl sites for hydroxylation is 1. The smallest absolute Gasteiger partial charge is 0.328 e. The van der Waals surface area contributed by atoms with E-state index in [2.05, 4.69) is 5.32 Å². The molecule has 2 N–H and O–H groups in total. The van der Waals surface area contributed by atoms with E-state index in [4.69, 9.17) is 4.74 Å². The fourth-order valence-corrected chi connectivity index (χ4v) is 2.30. The standard InChI is InChI=1S/C18H19NO4/c1-12-5-3-6-13(9-12)10-16(18(22)23-2)19-17(21)14-7-4-8-15(20)11-14/h3-9,11,16,20H,10H2,1-2H3,(H,19,21)/t16-/m1/s1. The number of carbonyl (C=O) groups is 2. The summed E-state index contributed by atoms with van der Waals surface area (Å²) in [5.74, 6) is -0.963. The summed E-state index contributed by atoms with van der Waals surface area (Å²) in [6.45, 7) is 1.96. The summed E-state index contributed by atoms with van der Waals surface area (Å²) >= 11 is 0. The summed E-state index contributed by atoms with van der Waals surface area (Å²) in [5.41, 5.74) is 2.28. The monoisotopic (exact) mass is 313 g/mol. The van der Waals surface area contributed by atoms with Crippen LogP contribution in [0.25, 0.3) is 0 Å². The molecule has 0 unspecified atom stereocenters. The lowest BCUT2D eigenvalue weighted by molar-refractivity contribution is -0.142. The van der Waals surface area contributed by atoms with Crippen molar-refractivity contribution in [2.24, 2.45) is 0 Å². The number of benzene rings is 2. The van der Waals surface area contributed by atoms with E-state index in [1.807, 2.05) is 31.2 Å². The first-order valence-electron chi connectivity index (χ1n) is 7.23. The van der Waals surface area contributed by atoms with Gasteiger partial charge in [0.15, 0.2) is 0 Å². The molecule has 0 saturated heterocycles. The van der Waals surface area contributed by atoms with Crippen LogP contribution in [0.1, 0.15) is 21.5 Å². The molecule has 0 heterocycles. The average Bonchev–Trinajstić information content (AvgIpc) is 2.53. The van der Waals surface area contributed by atoms with Crippen LogP contribution in [0.3, 0.4) is 0 Å². The Morgan fingerprint density at radius 2 is 1.91 bits per heavy atom. The van der Waals surface area contributed by atoms with Gasteiger partial charge >= 0.3 is 5.97 Å². The normalized spacial score (nSPS) is 11.6. The zero-order valence-corrected chi connectivity index (χ0v) is 13.1. The molecule has 0 aromatic heterocycles. The predicted molar refractivity (Wildman–Crippen MR) is 86.3 cm³/mol. The Morgan fingerprint density at radius 3 is 2.57 bits per heavy atom. The van der Waals surface area contributed by atoms with E-state index in [1.165, 1.54) is 19.2 Å². The minimum absolute atomic E-state index is 0.00838. The van der Waals surface area contributed by atoms with Gasteiger partial charge in [0.05, 0.1) is 7.11 Å². The van der Waals surface area contributed by atoms with Gasteiger partial charge in [0.1, 0.15) is 11.8 Å².